The van der Waals surface area contributed by atoms with Crippen LogP contribution in [0.4, 0.5) is 0 Å². The van der Waals surface area contributed by atoms with Gasteiger partial charge in [0, 0.05) is 12.0 Å². The summed E-state index contributed by atoms with van der Waals surface area (Å²) in [5.74, 6) is 0.818. The van der Waals surface area contributed by atoms with Gasteiger partial charge in [0.15, 0.2) is 0 Å². The first-order chi connectivity index (χ1) is 7.88. The molecule has 0 aromatic rings. The van der Waals surface area contributed by atoms with E-state index in [-0.39, 0.29) is 0 Å². The standard InChI is InChI=1S/C14H20O2/c1-2-4-10(3-1)13-14(7-8-15-13)9-11-5-6-12(14)16-11/h5-6,10-13H,1-4,7-9H2. The first-order valence-corrected chi connectivity index (χ1v) is 6.84. The van der Waals surface area contributed by atoms with Crippen LogP contribution in [0.2, 0.25) is 0 Å². The fourth-order valence-corrected chi connectivity index (χ4v) is 4.51. The molecule has 0 aromatic carbocycles. The van der Waals surface area contributed by atoms with E-state index in [0.29, 0.717) is 23.7 Å². The molecule has 4 atom stereocenters. The fourth-order valence-electron chi connectivity index (χ4n) is 4.51. The van der Waals surface area contributed by atoms with Gasteiger partial charge in [-0.15, -0.1) is 0 Å². The maximum Gasteiger partial charge on any atom is 0.0847 e. The minimum atomic E-state index is 0.356. The minimum Gasteiger partial charge on any atom is -0.377 e. The second-order valence-electron chi connectivity index (χ2n) is 6.00. The molecule has 16 heavy (non-hydrogen) atoms. The molecular formula is C14H20O2. The summed E-state index contributed by atoms with van der Waals surface area (Å²) in [5, 5.41) is 0. The summed E-state index contributed by atoms with van der Waals surface area (Å²) in [7, 11) is 0. The third-order valence-corrected chi connectivity index (χ3v) is 5.23. The van der Waals surface area contributed by atoms with Gasteiger partial charge in [-0.25, -0.2) is 0 Å². The maximum absolute atomic E-state index is 6.11. The molecule has 1 spiro atoms. The Bertz CT molecular complexity index is 319. The lowest BCUT2D eigenvalue weighted by molar-refractivity contribution is -0.0197. The van der Waals surface area contributed by atoms with Gasteiger partial charge < -0.3 is 9.47 Å². The van der Waals surface area contributed by atoms with E-state index in [9.17, 15) is 0 Å². The van der Waals surface area contributed by atoms with E-state index in [1.807, 2.05) is 0 Å². The molecule has 88 valence electrons. The second-order valence-corrected chi connectivity index (χ2v) is 6.00. The van der Waals surface area contributed by atoms with Crippen LogP contribution in [-0.4, -0.2) is 24.9 Å². The van der Waals surface area contributed by atoms with Crippen molar-refractivity contribution in [3.63, 3.8) is 0 Å². The molecule has 4 unspecified atom stereocenters. The Labute approximate surface area is 97.0 Å². The Hall–Kier alpha value is -0.340. The molecule has 2 bridgehead atoms. The van der Waals surface area contributed by atoms with Gasteiger partial charge in [-0.2, -0.15) is 0 Å². The quantitative estimate of drug-likeness (QED) is 0.632. The van der Waals surface area contributed by atoms with E-state index in [1.165, 1.54) is 38.5 Å². The highest BCUT2D eigenvalue weighted by Gasteiger charge is 2.58. The Morgan fingerprint density at radius 1 is 1.12 bits per heavy atom. The van der Waals surface area contributed by atoms with Gasteiger partial charge in [0.05, 0.1) is 18.3 Å². The van der Waals surface area contributed by atoms with Crippen molar-refractivity contribution in [1.29, 1.82) is 0 Å². The molecule has 4 rings (SSSR count). The minimum absolute atomic E-state index is 0.356. The van der Waals surface area contributed by atoms with Crippen LogP contribution in [0, 0.1) is 11.3 Å². The predicted molar refractivity (Wildman–Crippen MR) is 61.2 cm³/mol. The molecule has 2 heteroatoms. The first kappa shape index (κ1) is 9.67. The molecule has 0 N–H and O–H groups in total. The van der Waals surface area contributed by atoms with Gasteiger partial charge in [-0.1, -0.05) is 25.0 Å². The summed E-state index contributed by atoms with van der Waals surface area (Å²) >= 11 is 0. The summed E-state index contributed by atoms with van der Waals surface area (Å²) in [6.07, 6.45) is 13.8. The predicted octanol–water partition coefficient (Wildman–Crippen LogP) is 2.68. The van der Waals surface area contributed by atoms with Crippen LogP contribution >= 0.6 is 0 Å². The number of hydrogen-bond acceptors (Lipinski definition) is 2. The molecule has 3 aliphatic heterocycles. The van der Waals surface area contributed by atoms with E-state index >= 15 is 0 Å². The molecule has 1 saturated carbocycles. The van der Waals surface area contributed by atoms with E-state index in [1.54, 1.807) is 0 Å². The summed E-state index contributed by atoms with van der Waals surface area (Å²) in [4.78, 5) is 0. The number of rotatable bonds is 1. The largest absolute Gasteiger partial charge is 0.377 e. The lowest BCUT2D eigenvalue weighted by Gasteiger charge is -2.37. The highest BCUT2D eigenvalue weighted by Crippen LogP contribution is 2.56. The average molecular weight is 220 g/mol. The van der Waals surface area contributed by atoms with Gasteiger partial charge in [0.1, 0.15) is 0 Å². The van der Waals surface area contributed by atoms with Crippen molar-refractivity contribution in [1.82, 2.24) is 0 Å². The molecule has 3 fully saturated rings. The normalized spacial score (nSPS) is 51.1. The molecule has 0 amide bonds. The van der Waals surface area contributed by atoms with Crippen molar-refractivity contribution in [2.75, 3.05) is 6.61 Å². The third-order valence-electron chi connectivity index (χ3n) is 5.23. The zero-order chi connectivity index (χ0) is 10.6. The molecule has 1 aliphatic carbocycles. The fraction of sp³-hybridized carbons (Fsp3) is 0.857. The summed E-state index contributed by atoms with van der Waals surface area (Å²) < 4.78 is 12.1. The van der Waals surface area contributed by atoms with Crippen molar-refractivity contribution < 1.29 is 9.47 Å². The van der Waals surface area contributed by atoms with Gasteiger partial charge in [-0.3, -0.25) is 0 Å². The summed E-state index contributed by atoms with van der Waals surface area (Å²) in [5.41, 5.74) is 0.356. The number of fused-ring (bicyclic) bond motifs is 3. The number of ether oxygens (including phenoxy) is 2. The first-order valence-electron chi connectivity index (χ1n) is 6.84. The number of hydrogen-bond donors (Lipinski definition) is 0. The lowest BCUT2D eigenvalue weighted by atomic mass is 9.68. The topological polar surface area (TPSA) is 18.5 Å². The Balaban J connectivity index is 1.64. The van der Waals surface area contributed by atoms with Crippen molar-refractivity contribution in [2.24, 2.45) is 11.3 Å². The van der Waals surface area contributed by atoms with E-state index < -0.39 is 0 Å². The monoisotopic (exact) mass is 220 g/mol. The smallest absolute Gasteiger partial charge is 0.0847 e. The molecular weight excluding hydrogens is 200 g/mol. The lowest BCUT2D eigenvalue weighted by Crippen LogP contribution is -2.42. The average Bonchev–Trinajstić information content (AvgIpc) is 2.99. The zero-order valence-electron chi connectivity index (χ0n) is 9.73. The molecule has 0 radical (unpaired) electrons. The van der Waals surface area contributed by atoms with Crippen molar-refractivity contribution in [2.45, 2.75) is 56.8 Å². The van der Waals surface area contributed by atoms with Crippen LogP contribution in [0.5, 0.6) is 0 Å². The highest BCUT2D eigenvalue weighted by atomic mass is 16.5. The van der Waals surface area contributed by atoms with Crippen LogP contribution in [0.25, 0.3) is 0 Å². The zero-order valence-corrected chi connectivity index (χ0v) is 9.73. The van der Waals surface area contributed by atoms with E-state index in [2.05, 4.69) is 12.2 Å². The Morgan fingerprint density at radius 2 is 2.00 bits per heavy atom. The van der Waals surface area contributed by atoms with Gasteiger partial charge in [-0.05, 0) is 31.6 Å². The van der Waals surface area contributed by atoms with Crippen LogP contribution in [0.15, 0.2) is 12.2 Å². The van der Waals surface area contributed by atoms with E-state index in [4.69, 9.17) is 9.47 Å². The van der Waals surface area contributed by atoms with Gasteiger partial charge in [0.2, 0.25) is 0 Å². The van der Waals surface area contributed by atoms with Crippen LogP contribution in [0.1, 0.15) is 38.5 Å². The van der Waals surface area contributed by atoms with Gasteiger partial charge >= 0.3 is 0 Å². The van der Waals surface area contributed by atoms with Crippen molar-refractivity contribution >= 4 is 0 Å². The van der Waals surface area contributed by atoms with Gasteiger partial charge in [0.25, 0.3) is 0 Å². The maximum atomic E-state index is 6.11. The Kier molecular flexibility index (Phi) is 2.01. The molecule has 2 saturated heterocycles. The third kappa shape index (κ3) is 1.15. The van der Waals surface area contributed by atoms with E-state index in [0.717, 1.165) is 12.5 Å². The molecule has 4 aliphatic rings. The summed E-state index contributed by atoms with van der Waals surface area (Å²) in [6, 6.07) is 0. The van der Waals surface area contributed by atoms with Crippen molar-refractivity contribution in [3.8, 4) is 0 Å². The van der Waals surface area contributed by atoms with Crippen LogP contribution < -0.4 is 0 Å². The second kappa shape index (κ2) is 3.33. The summed E-state index contributed by atoms with van der Waals surface area (Å²) in [6.45, 7) is 0.960. The van der Waals surface area contributed by atoms with Crippen molar-refractivity contribution in [3.05, 3.63) is 12.2 Å². The highest BCUT2D eigenvalue weighted by molar-refractivity contribution is 5.20. The molecule has 3 heterocycles. The van der Waals surface area contributed by atoms with Crippen LogP contribution in [-0.2, 0) is 9.47 Å². The van der Waals surface area contributed by atoms with Crippen LogP contribution in [0.3, 0.4) is 0 Å². The SMILES string of the molecule is C1=CC2OC1CC21CCOC1C1CCCC1. The Morgan fingerprint density at radius 3 is 2.69 bits per heavy atom. The molecule has 2 nitrogen and oxygen atoms in total. The molecule has 0 aromatic heterocycles.